The van der Waals surface area contributed by atoms with Gasteiger partial charge in [0, 0.05) is 24.3 Å². The molecular formula is C20H20N2O4. The number of ether oxygens (including phenoxy) is 2. The Morgan fingerprint density at radius 3 is 2.69 bits per heavy atom. The van der Waals surface area contributed by atoms with E-state index < -0.39 is 0 Å². The molecule has 134 valence electrons. The van der Waals surface area contributed by atoms with Crippen LogP contribution in [0.1, 0.15) is 23.2 Å². The summed E-state index contributed by atoms with van der Waals surface area (Å²) in [4.78, 5) is 27.1. The molecule has 2 aromatic carbocycles. The molecule has 0 spiro atoms. The normalized spacial score (nSPS) is 18.5. The second kappa shape index (κ2) is 7.07. The lowest BCUT2D eigenvalue weighted by Gasteiger charge is -2.32. The standard InChI is InChI=1S/C20H20N2O4/c23-19(21-16-6-2-1-3-7-16)15-5-4-10-22(12-15)20(24)14-8-9-17-18(11-14)26-13-25-17/h1-3,6-9,11,15H,4-5,10,12-13H2,(H,21,23). The third kappa shape index (κ3) is 3.35. The molecule has 6 heteroatoms. The van der Waals surface area contributed by atoms with Gasteiger partial charge in [-0.3, -0.25) is 9.59 Å². The molecule has 1 atom stereocenters. The molecule has 1 unspecified atom stereocenters. The van der Waals surface area contributed by atoms with Gasteiger partial charge in [0.15, 0.2) is 11.5 Å². The minimum Gasteiger partial charge on any atom is -0.454 e. The zero-order chi connectivity index (χ0) is 17.9. The van der Waals surface area contributed by atoms with Crippen LogP contribution >= 0.6 is 0 Å². The van der Waals surface area contributed by atoms with E-state index in [0.29, 0.717) is 30.2 Å². The largest absolute Gasteiger partial charge is 0.454 e. The number of nitrogens with zero attached hydrogens (tertiary/aromatic N) is 1. The number of carbonyl (C=O) groups is 2. The lowest BCUT2D eigenvalue weighted by Crippen LogP contribution is -2.43. The first-order valence-corrected chi connectivity index (χ1v) is 8.75. The number of fused-ring (bicyclic) bond motifs is 1. The van der Waals surface area contributed by atoms with E-state index in [2.05, 4.69) is 5.32 Å². The maximum Gasteiger partial charge on any atom is 0.254 e. The van der Waals surface area contributed by atoms with Gasteiger partial charge in [0.05, 0.1) is 5.92 Å². The number of para-hydroxylation sites is 1. The molecule has 2 aliphatic heterocycles. The maximum absolute atomic E-state index is 12.8. The number of amides is 2. The molecule has 0 aromatic heterocycles. The van der Waals surface area contributed by atoms with Crippen LogP contribution < -0.4 is 14.8 Å². The summed E-state index contributed by atoms with van der Waals surface area (Å²) in [5.74, 6) is 0.911. The third-order valence-electron chi connectivity index (χ3n) is 4.74. The van der Waals surface area contributed by atoms with Gasteiger partial charge in [-0.05, 0) is 43.2 Å². The maximum atomic E-state index is 12.8. The van der Waals surface area contributed by atoms with E-state index >= 15 is 0 Å². The van der Waals surface area contributed by atoms with E-state index in [0.717, 1.165) is 18.5 Å². The molecule has 2 amide bonds. The third-order valence-corrected chi connectivity index (χ3v) is 4.74. The highest BCUT2D eigenvalue weighted by Crippen LogP contribution is 2.33. The van der Waals surface area contributed by atoms with Gasteiger partial charge in [0.2, 0.25) is 12.7 Å². The predicted octanol–water partition coefficient (Wildman–Crippen LogP) is 2.91. The molecule has 0 radical (unpaired) electrons. The van der Waals surface area contributed by atoms with Crippen LogP contribution in [-0.4, -0.2) is 36.6 Å². The van der Waals surface area contributed by atoms with Crippen molar-refractivity contribution in [3.05, 3.63) is 54.1 Å². The summed E-state index contributed by atoms with van der Waals surface area (Å²) in [6.07, 6.45) is 1.59. The first-order valence-electron chi connectivity index (χ1n) is 8.75. The topological polar surface area (TPSA) is 67.9 Å². The summed E-state index contributed by atoms with van der Waals surface area (Å²) in [7, 11) is 0. The quantitative estimate of drug-likeness (QED) is 0.922. The molecule has 0 bridgehead atoms. The van der Waals surface area contributed by atoms with E-state index in [4.69, 9.17) is 9.47 Å². The lowest BCUT2D eigenvalue weighted by atomic mass is 9.96. The second-order valence-corrected chi connectivity index (χ2v) is 6.51. The Morgan fingerprint density at radius 2 is 1.85 bits per heavy atom. The van der Waals surface area contributed by atoms with Crippen molar-refractivity contribution in [3.8, 4) is 11.5 Å². The smallest absolute Gasteiger partial charge is 0.254 e. The van der Waals surface area contributed by atoms with Crippen LogP contribution in [0.4, 0.5) is 5.69 Å². The summed E-state index contributed by atoms with van der Waals surface area (Å²) in [6.45, 7) is 1.26. The molecule has 1 saturated heterocycles. The Kier molecular flexibility index (Phi) is 4.48. The lowest BCUT2D eigenvalue weighted by molar-refractivity contribution is -0.121. The van der Waals surface area contributed by atoms with Gasteiger partial charge < -0.3 is 19.7 Å². The average Bonchev–Trinajstić information content (AvgIpc) is 3.16. The number of benzene rings is 2. The molecular weight excluding hydrogens is 332 g/mol. The van der Waals surface area contributed by atoms with Crippen LogP contribution in [0.25, 0.3) is 0 Å². The van der Waals surface area contributed by atoms with E-state index in [1.54, 1.807) is 23.1 Å². The summed E-state index contributed by atoms with van der Waals surface area (Å²) in [5.41, 5.74) is 1.33. The Morgan fingerprint density at radius 1 is 1.04 bits per heavy atom. The SMILES string of the molecule is O=C(Nc1ccccc1)C1CCCN(C(=O)c2ccc3c(c2)OCO3)C1. The summed E-state index contributed by atoms with van der Waals surface area (Å²) < 4.78 is 10.6. The van der Waals surface area contributed by atoms with E-state index in [-0.39, 0.29) is 24.5 Å². The highest BCUT2D eigenvalue weighted by atomic mass is 16.7. The Balaban J connectivity index is 1.43. The fourth-order valence-electron chi connectivity index (χ4n) is 3.35. The summed E-state index contributed by atoms with van der Waals surface area (Å²) in [6, 6.07) is 14.6. The van der Waals surface area contributed by atoms with Crippen LogP contribution in [-0.2, 0) is 4.79 Å². The molecule has 0 aliphatic carbocycles. The van der Waals surface area contributed by atoms with Gasteiger partial charge >= 0.3 is 0 Å². The van der Waals surface area contributed by atoms with Crippen molar-refractivity contribution in [1.82, 2.24) is 4.90 Å². The fourth-order valence-corrected chi connectivity index (χ4v) is 3.35. The van der Waals surface area contributed by atoms with Crippen molar-refractivity contribution < 1.29 is 19.1 Å². The number of anilines is 1. The van der Waals surface area contributed by atoms with Crippen molar-refractivity contribution in [3.63, 3.8) is 0 Å². The molecule has 0 saturated carbocycles. The summed E-state index contributed by atoms with van der Waals surface area (Å²) >= 11 is 0. The zero-order valence-corrected chi connectivity index (χ0v) is 14.3. The molecule has 6 nitrogen and oxygen atoms in total. The predicted molar refractivity (Wildman–Crippen MR) is 96.3 cm³/mol. The van der Waals surface area contributed by atoms with Crippen LogP contribution in [0.2, 0.25) is 0 Å². The Bertz CT molecular complexity index is 822. The first-order chi connectivity index (χ1) is 12.7. The number of hydrogen-bond donors (Lipinski definition) is 1. The van der Waals surface area contributed by atoms with Crippen LogP contribution in [0.3, 0.4) is 0 Å². The van der Waals surface area contributed by atoms with Gasteiger partial charge in [-0.2, -0.15) is 0 Å². The number of hydrogen-bond acceptors (Lipinski definition) is 4. The van der Waals surface area contributed by atoms with Crippen molar-refractivity contribution in [2.24, 2.45) is 5.92 Å². The average molecular weight is 352 g/mol. The van der Waals surface area contributed by atoms with Crippen molar-refractivity contribution >= 4 is 17.5 Å². The van der Waals surface area contributed by atoms with Gasteiger partial charge in [0.25, 0.3) is 5.91 Å². The molecule has 26 heavy (non-hydrogen) atoms. The minimum atomic E-state index is -0.207. The monoisotopic (exact) mass is 352 g/mol. The highest BCUT2D eigenvalue weighted by Gasteiger charge is 2.29. The Labute approximate surface area is 151 Å². The van der Waals surface area contributed by atoms with Crippen molar-refractivity contribution in [1.29, 1.82) is 0 Å². The molecule has 1 N–H and O–H groups in total. The van der Waals surface area contributed by atoms with E-state index in [1.165, 1.54) is 0 Å². The van der Waals surface area contributed by atoms with Crippen LogP contribution in [0.15, 0.2) is 48.5 Å². The number of rotatable bonds is 3. The highest BCUT2D eigenvalue weighted by molar-refractivity contribution is 5.96. The van der Waals surface area contributed by atoms with Crippen LogP contribution in [0, 0.1) is 5.92 Å². The molecule has 2 heterocycles. The second-order valence-electron chi connectivity index (χ2n) is 6.51. The van der Waals surface area contributed by atoms with Crippen LogP contribution in [0.5, 0.6) is 11.5 Å². The van der Waals surface area contributed by atoms with E-state index in [1.807, 2.05) is 30.3 Å². The van der Waals surface area contributed by atoms with E-state index in [9.17, 15) is 9.59 Å². The summed E-state index contributed by atoms with van der Waals surface area (Å²) in [5, 5.41) is 2.93. The van der Waals surface area contributed by atoms with Gasteiger partial charge in [-0.1, -0.05) is 18.2 Å². The molecule has 2 aromatic rings. The number of piperidine rings is 1. The molecule has 1 fully saturated rings. The van der Waals surface area contributed by atoms with Gasteiger partial charge in [0.1, 0.15) is 0 Å². The van der Waals surface area contributed by atoms with Gasteiger partial charge in [-0.25, -0.2) is 0 Å². The fraction of sp³-hybridized carbons (Fsp3) is 0.300. The molecule has 4 rings (SSSR count). The zero-order valence-electron chi connectivity index (χ0n) is 14.3. The minimum absolute atomic E-state index is 0.0422. The Hall–Kier alpha value is -3.02. The van der Waals surface area contributed by atoms with Crippen molar-refractivity contribution in [2.45, 2.75) is 12.8 Å². The number of carbonyl (C=O) groups excluding carboxylic acids is 2. The molecule has 2 aliphatic rings. The number of nitrogens with one attached hydrogen (secondary N) is 1. The van der Waals surface area contributed by atoms with Crippen molar-refractivity contribution in [2.75, 3.05) is 25.2 Å². The number of likely N-dealkylation sites (tertiary alicyclic amines) is 1. The first kappa shape index (κ1) is 16.4. The van der Waals surface area contributed by atoms with Gasteiger partial charge in [-0.15, -0.1) is 0 Å².